The summed E-state index contributed by atoms with van der Waals surface area (Å²) in [6, 6.07) is 3.41. The van der Waals surface area contributed by atoms with Gasteiger partial charge in [0, 0.05) is 25.5 Å². The maximum absolute atomic E-state index is 11.3. The molecule has 0 atom stereocenters. The number of nitrogens with zero attached hydrogens (tertiary/aromatic N) is 3. The van der Waals surface area contributed by atoms with Crippen LogP contribution >= 0.6 is 22.6 Å². The molecule has 0 bridgehead atoms. The Balaban J connectivity index is 2.53. The summed E-state index contributed by atoms with van der Waals surface area (Å²) in [6.45, 7) is 0. The highest BCUT2D eigenvalue weighted by molar-refractivity contribution is 14.1. The van der Waals surface area contributed by atoms with Gasteiger partial charge < -0.3 is 4.57 Å². The highest BCUT2D eigenvalue weighted by atomic mass is 127. The van der Waals surface area contributed by atoms with Crippen molar-refractivity contribution >= 4 is 22.6 Å². The molecule has 4 nitrogen and oxygen atoms in total. The SMILES string of the molecule is Cn1ccc(-n2cc(I)cn2)cc1=O. The molecule has 2 heterocycles. The summed E-state index contributed by atoms with van der Waals surface area (Å²) in [5, 5.41) is 4.12. The van der Waals surface area contributed by atoms with Gasteiger partial charge in [0.15, 0.2) is 0 Å². The second-order valence-electron chi connectivity index (χ2n) is 2.94. The summed E-state index contributed by atoms with van der Waals surface area (Å²) in [5.41, 5.74) is 0.754. The van der Waals surface area contributed by atoms with Crippen molar-refractivity contribution in [1.29, 1.82) is 0 Å². The molecule has 0 N–H and O–H groups in total. The van der Waals surface area contributed by atoms with Crippen LogP contribution in [0.4, 0.5) is 0 Å². The molecular formula is C9H8IN3O. The van der Waals surface area contributed by atoms with E-state index in [2.05, 4.69) is 27.7 Å². The molecule has 0 amide bonds. The minimum atomic E-state index is -0.0343. The van der Waals surface area contributed by atoms with E-state index in [1.54, 1.807) is 30.2 Å². The monoisotopic (exact) mass is 301 g/mol. The minimum absolute atomic E-state index is 0.0343. The second kappa shape index (κ2) is 3.56. The van der Waals surface area contributed by atoms with Crippen LogP contribution in [0.1, 0.15) is 0 Å². The van der Waals surface area contributed by atoms with Gasteiger partial charge in [0.2, 0.25) is 0 Å². The van der Waals surface area contributed by atoms with E-state index in [-0.39, 0.29) is 5.56 Å². The molecule has 14 heavy (non-hydrogen) atoms. The molecule has 0 aliphatic heterocycles. The van der Waals surface area contributed by atoms with Crippen LogP contribution < -0.4 is 5.56 Å². The first-order valence-electron chi connectivity index (χ1n) is 4.04. The summed E-state index contributed by atoms with van der Waals surface area (Å²) in [6.07, 6.45) is 5.35. The predicted octanol–water partition coefficient (Wildman–Crippen LogP) is 1.18. The maximum atomic E-state index is 11.3. The largest absolute Gasteiger partial charge is 0.318 e. The Kier molecular flexibility index (Phi) is 2.40. The normalized spacial score (nSPS) is 10.4. The van der Waals surface area contributed by atoms with Crippen molar-refractivity contribution in [3.05, 3.63) is 44.6 Å². The third kappa shape index (κ3) is 1.72. The van der Waals surface area contributed by atoms with E-state index in [1.165, 1.54) is 4.57 Å². The molecule has 0 saturated carbocycles. The highest BCUT2D eigenvalue weighted by Gasteiger charge is 1.99. The average molecular weight is 301 g/mol. The summed E-state index contributed by atoms with van der Waals surface area (Å²) >= 11 is 2.18. The smallest absolute Gasteiger partial charge is 0.252 e. The Hall–Kier alpha value is -1.11. The molecule has 0 spiro atoms. The molecule has 2 aromatic rings. The lowest BCUT2D eigenvalue weighted by molar-refractivity contribution is 0.826. The van der Waals surface area contributed by atoms with Gasteiger partial charge in [0.25, 0.3) is 5.56 Å². The van der Waals surface area contributed by atoms with Gasteiger partial charge >= 0.3 is 0 Å². The Morgan fingerprint density at radius 2 is 2.29 bits per heavy atom. The van der Waals surface area contributed by atoms with Crippen molar-refractivity contribution in [1.82, 2.24) is 14.3 Å². The van der Waals surface area contributed by atoms with Crippen LogP contribution in [-0.4, -0.2) is 14.3 Å². The van der Waals surface area contributed by atoms with Crippen molar-refractivity contribution in [3.63, 3.8) is 0 Å². The van der Waals surface area contributed by atoms with Crippen molar-refractivity contribution in [2.75, 3.05) is 0 Å². The number of aromatic nitrogens is 3. The Morgan fingerprint density at radius 1 is 1.50 bits per heavy atom. The average Bonchev–Trinajstić information content (AvgIpc) is 2.57. The Morgan fingerprint density at radius 3 is 2.86 bits per heavy atom. The fourth-order valence-electron chi connectivity index (χ4n) is 1.12. The van der Waals surface area contributed by atoms with E-state index < -0.39 is 0 Å². The molecule has 0 unspecified atom stereocenters. The third-order valence-electron chi connectivity index (χ3n) is 1.90. The molecule has 0 aromatic carbocycles. The number of rotatable bonds is 1. The lowest BCUT2D eigenvalue weighted by Crippen LogP contribution is -2.15. The molecule has 2 aromatic heterocycles. The van der Waals surface area contributed by atoms with Gasteiger partial charge in [-0.25, -0.2) is 4.68 Å². The molecule has 0 saturated heterocycles. The standard InChI is InChI=1S/C9H8IN3O/c1-12-3-2-8(4-9(12)14)13-6-7(10)5-11-13/h2-6H,1H3. The second-order valence-corrected chi connectivity index (χ2v) is 4.18. The molecule has 72 valence electrons. The first-order chi connectivity index (χ1) is 6.66. The third-order valence-corrected chi connectivity index (χ3v) is 2.46. The summed E-state index contributed by atoms with van der Waals surface area (Å²) in [7, 11) is 1.72. The van der Waals surface area contributed by atoms with Gasteiger partial charge in [-0.3, -0.25) is 4.79 Å². The van der Waals surface area contributed by atoms with E-state index in [1.807, 2.05) is 12.3 Å². The number of pyridine rings is 1. The van der Waals surface area contributed by atoms with Gasteiger partial charge in [-0.1, -0.05) is 0 Å². The molecule has 0 aliphatic rings. The fourth-order valence-corrected chi connectivity index (χ4v) is 1.51. The van der Waals surface area contributed by atoms with Crippen LogP contribution in [0.15, 0.2) is 35.5 Å². The van der Waals surface area contributed by atoms with Crippen molar-refractivity contribution in [3.8, 4) is 5.69 Å². The molecule has 0 aliphatic carbocycles. The van der Waals surface area contributed by atoms with E-state index in [0.717, 1.165) is 9.26 Å². The molecule has 0 fully saturated rings. The zero-order chi connectivity index (χ0) is 10.1. The van der Waals surface area contributed by atoms with Crippen LogP contribution in [-0.2, 0) is 7.05 Å². The molecule has 2 rings (SSSR count). The van der Waals surface area contributed by atoms with Crippen LogP contribution in [0.25, 0.3) is 5.69 Å². The maximum Gasteiger partial charge on any atom is 0.252 e. The van der Waals surface area contributed by atoms with Crippen LogP contribution in [0.5, 0.6) is 0 Å². The van der Waals surface area contributed by atoms with Crippen LogP contribution in [0.2, 0.25) is 0 Å². The quantitative estimate of drug-likeness (QED) is 0.742. The van der Waals surface area contributed by atoms with Crippen molar-refractivity contribution < 1.29 is 0 Å². The molecule has 0 radical (unpaired) electrons. The lowest BCUT2D eigenvalue weighted by Gasteiger charge is -2.01. The van der Waals surface area contributed by atoms with Gasteiger partial charge in [-0.2, -0.15) is 5.10 Å². The number of hydrogen-bond donors (Lipinski definition) is 0. The first kappa shape index (κ1) is 9.45. The van der Waals surface area contributed by atoms with Gasteiger partial charge in [0.05, 0.1) is 15.5 Å². The number of aryl methyl sites for hydroxylation is 1. The van der Waals surface area contributed by atoms with E-state index in [9.17, 15) is 4.79 Å². The van der Waals surface area contributed by atoms with E-state index in [0.29, 0.717) is 0 Å². The molecule has 5 heteroatoms. The zero-order valence-corrected chi connectivity index (χ0v) is 9.67. The highest BCUT2D eigenvalue weighted by Crippen LogP contribution is 2.06. The first-order valence-corrected chi connectivity index (χ1v) is 5.12. The Labute approximate surface area is 94.3 Å². The van der Waals surface area contributed by atoms with Crippen LogP contribution in [0.3, 0.4) is 0 Å². The molecular weight excluding hydrogens is 293 g/mol. The number of hydrogen-bond acceptors (Lipinski definition) is 2. The zero-order valence-electron chi connectivity index (χ0n) is 7.51. The van der Waals surface area contributed by atoms with Gasteiger partial charge in [0.1, 0.15) is 0 Å². The van der Waals surface area contributed by atoms with Gasteiger partial charge in [-0.15, -0.1) is 0 Å². The van der Waals surface area contributed by atoms with Crippen molar-refractivity contribution in [2.45, 2.75) is 0 Å². The van der Waals surface area contributed by atoms with Crippen LogP contribution in [0, 0.1) is 3.57 Å². The summed E-state index contributed by atoms with van der Waals surface area (Å²) in [5.74, 6) is 0. The Bertz CT molecular complexity index is 515. The lowest BCUT2D eigenvalue weighted by atomic mass is 10.4. The minimum Gasteiger partial charge on any atom is -0.318 e. The van der Waals surface area contributed by atoms with Crippen molar-refractivity contribution in [2.24, 2.45) is 7.05 Å². The topological polar surface area (TPSA) is 39.8 Å². The summed E-state index contributed by atoms with van der Waals surface area (Å²) in [4.78, 5) is 11.3. The summed E-state index contributed by atoms with van der Waals surface area (Å²) < 4.78 is 4.25. The van der Waals surface area contributed by atoms with Gasteiger partial charge in [-0.05, 0) is 28.7 Å². The predicted molar refractivity (Wildman–Crippen MR) is 61.5 cm³/mol. The van der Waals surface area contributed by atoms with E-state index in [4.69, 9.17) is 0 Å². The number of halogens is 1. The fraction of sp³-hybridized carbons (Fsp3) is 0.111. The van der Waals surface area contributed by atoms with E-state index >= 15 is 0 Å².